The van der Waals surface area contributed by atoms with Gasteiger partial charge in [0.15, 0.2) is 0 Å². The fourth-order valence-corrected chi connectivity index (χ4v) is 3.22. The molecule has 1 aliphatic heterocycles. The normalized spacial score (nSPS) is 21.1. The summed E-state index contributed by atoms with van der Waals surface area (Å²) in [6.45, 7) is 3.89. The van der Waals surface area contributed by atoms with Crippen molar-refractivity contribution in [3.8, 4) is 0 Å². The Kier molecular flexibility index (Phi) is 6.85. The third-order valence-electron chi connectivity index (χ3n) is 3.83. The summed E-state index contributed by atoms with van der Waals surface area (Å²) >= 11 is 1.50. The van der Waals surface area contributed by atoms with Gasteiger partial charge in [0, 0.05) is 38.1 Å². The van der Waals surface area contributed by atoms with E-state index in [2.05, 4.69) is 20.5 Å². The SMILES string of the molecule is CCNC(=O)[C@@H]1C[C@@H](NC(=O)CSC)CN1Cc1ccncc1. The maximum Gasteiger partial charge on any atom is 0.237 e. The van der Waals surface area contributed by atoms with Gasteiger partial charge in [0.05, 0.1) is 11.8 Å². The molecule has 1 aromatic rings. The van der Waals surface area contributed by atoms with E-state index in [0.717, 1.165) is 5.56 Å². The molecule has 0 aromatic carbocycles. The molecule has 0 aliphatic carbocycles. The van der Waals surface area contributed by atoms with Crippen LogP contribution in [0.2, 0.25) is 0 Å². The monoisotopic (exact) mass is 336 g/mol. The van der Waals surface area contributed by atoms with Crippen molar-refractivity contribution in [3.05, 3.63) is 30.1 Å². The summed E-state index contributed by atoms with van der Waals surface area (Å²) in [7, 11) is 0. The number of pyridine rings is 1. The van der Waals surface area contributed by atoms with Crippen molar-refractivity contribution in [2.45, 2.75) is 32.0 Å². The van der Waals surface area contributed by atoms with Gasteiger partial charge in [0.25, 0.3) is 0 Å². The minimum atomic E-state index is -0.206. The van der Waals surface area contributed by atoms with E-state index in [1.165, 1.54) is 11.8 Å². The molecule has 1 fully saturated rings. The van der Waals surface area contributed by atoms with Crippen molar-refractivity contribution >= 4 is 23.6 Å². The van der Waals surface area contributed by atoms with E-state index in [-0.39, 0.29) is 23.9 Å². The van der Waals surface area contributed by atoms with E-state index in [1.807, 2.05) is 25.3 Å². The van der Waals surface area contributed by atoms with Gasteiger partial charge in [-0.1, -0.05) is 0 Å². The minimum absolute atomic E-state index is 0.0177. The molecule has 1 aliphatic rings. The first kappa shape index (κ1) is 17.7. The Bertz CT molecular complexity index is 526. The van der Waals surface area contributed by atoms with Crippen LogP contribution in [-0.2, 0) is 16.1 Å². The molecule has 0 bridgehead atoms. The highest BCUT2D eigenvalue weighted by atomic mass is 32.2. The molecule has 2 amide bonds. The zero-order valence-electron chi connectivity index (χ0n) is 13.6. The molecule has 126 valence electrons. The second-order valence-corrected chi connectivity index (χ2v) is 6.49. The Balaban J connectivity index is 2.03. The first-order valence-electron chi connectivity index (χ1n) is 7.83. The van der Waals surface area contributed by atoms with Crippen molar-refractivity contribution in [1.29, 1.82) is 0 Å². The average Bonchev–Trinajstić information content (AvgIpc) is 2.91. The number of nitrogens with zero attached hydrogens (tertiary/aromatic N) is 2. The number of likely N-dealkylation sites (N-methyl/N-ethyl adjacent to an activating group) is 1. The number of nitrogens with one attached hydrogen (secondary N) is 2. The molecule has 0 unspecified atom stereocenters. The summed E-state index contributed by atoms with van der Waals surface area (Å²) in [6.07, 6.45) is 6.06. The standard InChI is InChI=1S/C16H24N4O2S/c1-3-18-16(22)14-8-13(19-15(21)11-23-2)10-20(14)9-12-4-6-17-7-5-12/h4-7,13-14H,3,8-11H2,1-2H3,(H,18,22)(H,19,21)/t13-,14+/m1/s1. The molecule has 0 saturated carbocycles. The Morgan fingerprint density at radius 2 is 2.13 bits per heavy atom. The summed E-state index contributed by atoms with van der Waals surface area (Å²) in [4.78, 5) is 30.3. The van der Waals surface area contributed by atoms with Crippen LogP contribution in [0.1, 0.15) is 18.9 Å². The molecule has 2 rings (SSSR count). The quantitative estimate of drug-likeness (QED) is 0.764. The Hall–Kier alpha value is -1.60. The lowest BCUT2D eigenvalue weighted by molar-refractivity contribution is -0.125. The second kappa shape index (κ2) is 8.88. The first-order valence-corrected chi connectivity index (χ1v) is 9.22. The highest BCUT2D eigenvalue weighted by molar-refractivity contribution is 7.99. The van der Waals surface area contributed by atoms with Gasteiger partial charge >= 0.3 is 0 Å². The van der Waals surface area contributed by atoms with Crippen LogP contribution in [-0.4, -0.2) is 58.9 Å². The lowest BCUT2D eigenvalue weighted by atomic mass is 10.1. The van der Waals surface area contributed by atoms with Crippen LogP contribution in [0.3, 0.4) is 0 Å². The fourth-order valence-electron chi connectivity index (χ4n) is 2.87. The Labute approximate surface area is 141 Å². The molecule has 7 heteroatoms. The molecule has 0 radical (unpaired) electrons. The lowest BCUT2D eigenvalue weighted by Gasteiger charge is -2.23. The van der Waals surface area contributed by atoms with Crippen molar-refractivity contribution in [2.75, 3.05) is 25.1 Å². The van der Waals surface area contributed by atoms with Crippen LogP contribution < -0.4 is 10.6 Å². The van der Waals surface area contributed by atoms with E-state index in [9.17, 15) is 9.59 Å². The molecule has 2 heterocycles. The van der Waals surface area contributed by atoms with Gasteiger partial charge < -0.3 is 10.6 Å². The molecule has 1 aromatic heterocycles. The molecule has 23 heavy (non-hydrogen) atoms. The number of hydrogen-bond acceptors (Lipinski definition) is 5. The minimum Gasteiger partial charge on any atom is -0.355 e. The highest BCUT2D eigenvalue weighted by Gasteiger charge is 2.37. The van der Waals surface area contributed by atoms with E-state index in [4.69, 9.17) is 0 Å². The summed E-state index contributed by atoms with van der Waals surface area (Å²) in [5, 5.41) is 5.92. The van der Waals surface area contributed by atoms with Crippen molar-refractivity contribution in [3.63, 3.8) is 0 Å². The number of hydrogen-bond donors (Lipinski definition) is 2. The zero-order valence-corrected chi connectivity index (χ0v) is 14.4. The molecule has 6 nitrogen and oxygen atoms in total. The topological polar surface area (TPSA) is 74.3 Å². The van der Waals surface area contributed by atoms with Gasteiger partial charge in [-0.2, -0.15) is 11.8 Å². The Morgan fingerprint density at radius 1 is 1.39 bits per heavy atom. The predicted molar refractivity (Wildman–Crippen MR) is 92.0 cm³/mol. The summed E-state index contributed by atoms with van der Waals surface area (Å²) < 4.78 is 0. The van der Waals surface area contributed by atoms with Crippen molar-refractivity contribution < 1.29 is 9.59 Å². The zero-order chi connectivity index (χ0) is 16.7. The molecule has 2 atom stereocenters. The first-order chi connectivity index (χ1) is 11.1. The van der Waals surface area contributed by atoms with Gasteiger partial charge in [0.2, 0.25) is 11.8 Å². The fraction of sp³-hybridized carbons (Fsp3) is 0.562. The van der Waals surface area contributed by atoms with Gasteiger partial charge in [-0.15, -0.1) is 0 Å². The lowest BCUT2D eigenvalue weighted by Crippen LogP contribution is -2.42. The number of likely N-dealkylation sites (tertiary alicyclic amines) is 1. The van der Waals surface area contributed by atoms with Crippen molar-refractivity contribution in [2.24, 2.45) is 0 Å². The highest BCUT2D eigenvalue weighted by Crippen LogP contribution is 2.21. The van der Waals surface area contributed by atoms with Crippen LogP contribution in [0.4, 0.5) is 0 Å². The maximum absolute atomic E-state index is 12.3. The Morgan fingerprint density at radius 3 is 2.78 bits per heavy atom. The average molecular weight is 336 g/mol. The molecule has 2 N–H and O–H groups in total. The number of rotatable bonds is 7. The van der Waals surface area contributed by atoms with Crippen molar-refractivity contribution in [1.82, 2.24) is 20.5 Å². The van der Waals surface area contributed by atoms with Crippen LogP contribution in [0.15, 0.2) is 24.5 Å². The smallest absolute Gasteiger partial charge is 0.237 e. The molecular weight excluding hydrogens is 312 g/mol. The van der Waals surface area contributed by atoms with Gasteiger partial charge in [0.1, 0.15) is 0 Å². The number of thioether (sulfide) groups is 1. The summed E-state index contributed by atoms with van der Waals surface area (Å²) in [6, 6.07) is 3.72. The van der Waals surface area contributed by atoms with Crippen LogP contribution in [0.25, 0.3) is 0 Å². The molecular formula is C16H24N4O2S. The number of carbonyl (C=O) groups excluding carboxylic acids is 2. The van der Waals surface area contributed by atoms with Crippen LogP contribution >= 0.6 is 11.8 Å². The van der Waals surface area contributed by atoms with Crippen LogP contribution in [0, 0.1) is 0 Å². The van der Waals surface area contributed by atoms with E-state index in [1.54, 1.807) is 12.4 Å². The van der Waals surface area contributed by atoms with Gasteiger partial charge in [-0.05, 0) is 37.3 Å². The number of amides is 2. The summed E-state index contributed by atoms with van der Waals surface area (Å²) in [5.41, 5.74) is 1.12. The third-order valence-corrected chi connectivity index (χ3v) is 4.38. The van der Waals surface area contributed by atoms with Gasteiger partial charge in [-0.25, -0.2) is 0 Å². The van der Waals surface area contributed by atoms with E-state index < -0.39 is 0 Å². The molecule has 1 saturated heterocycles. The van der Waals surface area contributed by atoms with E-state index in [0.29, 0.717) is 31.8 Å². The largest absolute Gasteiger partial charge is 0.355 e. The number of aromatic nitrogens is 1. The van der Waals surface area contributed by atoms with Crippen LogP contribution in [0.5, 0.6) is 0 Å². The number of carbonyl (C=O) groups is 2. The van der Waals surface area contributed by atoms with Gasteiger partial charge in [-0.3, -0.25) is 19.5 Å². The maximum atomic E-state index is 12.3. The van der Waals surface area contributed by atoms with E-state index >= 15 is 0 Å². The summed E-state index contributed by atoms with van der Waals surface area (Å²) in [5.74, 6) is 0.512. The third kappa shape index (κ3) is 5.21. The predicted octanol–water partition coefficient (Wildman–Crippen LogP) is 0.640. The molecule has 0 spiro atoms. The second-order valence-electron chi connectivity index (χ2n) is 5.63.